The number of fused-ring (bicyclic) bond motifs is 1. The van der Waals surface area contributed by atoms with E-state index in [0.717, 1.165) is 5.75 Å². The molecule has 1 heterocycles. The monoisotopic (exact) mass is 297 g/mol. The Morgan fingerprint density at radius 3 is 2.76 bits per heavy atom. The lowest BCUT2D eigenvalue weighted by atomic mass is 10.2. The highest BCUT2D eigenvalue weighted by Gasteiger charge is 2.04. The van der Waals surface area contributed by atoms with Gasteiger partial charge < -0.3 is 5.73 Å². The molecule has 0 unspecified atom stereocenters. The zero-order chi connectivity index (χ0) is 14.7. The molecule has 0 saturated heterocycles. The van der Waals surface area contributed by atoms with Crippen LogP contribution >= 0.6 is 11.8 Å². The van der Waals surface area contributed by atoms with Gasteiger partial charge in [-0.1, -0.05) is 18.2 Å². The van der Waals surface area contributed by atoms with E-state index in [1.807, 2.05) is 18.2 Å². The van der Waals surface area contributed by atoms with Crippen molar-refractivity contribution >= 4 is 28.4 Å². The number of thioether (sulfide) groups is 1. The van der Waals surface area contributed by atoms with Crippen molar-refractivity contribution in [1.29, 1.82) is 0 Å². The van der Waals surface area contributed by atoms with Gasteiger partial charge in [-0.2, -0.15) is 0 Å². The summed E-state index contributed by atoms with van der Waals surface area (Å²) in [5.74, 6) is 0.819. The number of aryl methyl sites for hydroxylation is 1. The molecule has 21 heavy (non-hydrogen) atoms. The average molecular weight is 297 g/mol. The molecule has 3 rings (SSSR count). The van der Waals surface area contributed by atoms with Crippen LogP contribution in [0.5, 0.6) is 0 Å². The van der Waals surface area contributed by atoms with Crippen LogP contribution in [0.1, 0.15) is 0 Å². The van der Waals surface area contributed by atoms with Gasteiger partial charge in [0.05, 0.1) is 17.2 Å². The van der Waals surface area contributed by atoms with E-state index in [9.17, 15) is 4.79 Å². The third-order valence-electron chi connectivity index (χ3n) is 3.19. The Kier molecular flexibility index (Phi) is 3.92. The van der Waals surface area contributed by atoms with Crippen molar-refractivity contribution in [2.45, 2.75) is 11.4 Å². The van der Waals surface area contributed by atoms with E-state index in [0.29, 0.717) is 23.1 Å². The lowest BCUT2D eigenvalue weighted by Gasteiger charge is -2.07. The van der Waals surface area contributed by atoms with Crippen LogP contribution in [0.15, 0.2) is 64.5 Å². The second kappa shape index (κ2) is 6.01. The van der Waals surface area contributed by atoms with Crippen LogP contribution in [0, 0.1) is 0 Å². The number of benzene rings is 2. The number of nitrogens with zero attached hydrogens (tertiary/aromatic N) is 2. The molecule has 0 aliphatic carbocycles. The highest BCUT2D eigenvalue weighted by atomic mass is 32.2. The highest BCUT2D eigenvalue weighted by Crippen LogP contribution is 2.17. The van der Waals surface area contributed by atoms with Gasteiger partial charge in [-0.15, -0.1) is 11.8 Å². The van der Waals surface area contributed by atoms with Gasteiger partial charge in [0.15, 0.2) is 0 Å². The number of anilines is 1. The fourth-order valence-electron chi connectivity index (χ4n) is 2.11. The standard InChI is InChI=1S/C16H15N3OS/c17-12-6-7-15-14(10-12)16(20)19(11-18-15)8-9-21-13-4-2-1-3-5-13/h1-7,10-11H,8-9,17H2. The average Bonchev–Trinajstić information content (AvgIpc) is 2.51. The fourth-order valence-corrected chi connectivity index (χ4v) is 2.99. The predicted octanol–water partition coefficient (Wildman–Crippen LogP) is 2.77. The molecule has 0 atom stereocenters. The number of hydrogen-bond acceptors (Lipinski definition) is 4. The second-order valence-electron chi connectivity index (χ2n) is 4.68. The van der Waals surface area contributed by atoms with E-state index in [2.05, 4.69) is 17.1 Å². The smallest absolute Gasteiger partial charge is 0.261 e. The van der Waals surface area contributed by atoms with Crippen molar-refractivity contribution in [1.82, 2.24) is 9.55 Å². The van der Waals surface area contributed by atoms with Gasteiger partial charge >= 0.3 is 0 Å². The molecule has 3 aromatic rings. The zero-order valence-corrected chi connectivity index (χ0v) is 12.2. The Labute approximate surface area is 126 Å². The number of nitrogens with two attached hydrogens (primary N) is 1. The molecule has 0 saturated carbocycles. The number of rotatable bonds is 4. The summed E-state index contributed by atoms with van der Waals surface area (Å²) in [6, 6.07) is 15.3. The second-order valence-corrected chi connectivity index (χ2v) is 5.85. The van der Waals surface area contributed by atoms with E-state index < -0.39 is 0 Å². The first-order chi connectivity index (χ1) is 10.2. The molecule has 5 heteroatoms. The maximum absolute atomic E-state index is 12.4. The minimum atomic E-state index is -0.0408. The predicted molar refractivity (Wildman–Crippen MR) is 87.6 cm³/mol. The van der Waals surface area contributed by atoms with Crippen LogP contribution in [0.4, 0.5) is 5.69 Å². The molecular formula is C16H15N3OS. The summed E-state index contributed by atoms with van der Waals surface area (Å²) in [6.07, 6.45) is 1.60. The third kappa shape index (κ3) is 3.08. The number of hydrogen-bond donors (Lipinski definition) is 1. The first-order valence-corrected chi connectivity index (χ1v) is 7.65. The quantitative estimate of drug-likeness (QED) is 0.594. The largest absolute Gasteiger partial charge is 0.399 e. The van der Waals surface area contributed by atoms with E-state index in [4.69, 9.17) is 5.73 Å². The molecule has 2 aromatic carbocycles. The molecular weight excluding hydrogens is 282 g/mol. The molecule has 2 N–H and O–H groups in total. The molecule has 0 radical (unpaired) electrons. The van der Waals surface area contributed by atoms with Crippen LogP contribution in [0.25, 0.3) is 10.9 Å². The number of nitrogen functional groups attached to an aromatic ring is 1. The molecule has 0 amide bonds. The molecule has 0 aliphatic rings. The molecule has 0 aliphatic heterocycles. The van der Waals surface area contributed by atoms with Crippen molar-refractivity contribution in [2.75, 3.05) is 11.5 Å². The lowest BCUT2D eigenvalue weighted by Crippen LogP contribution is -2.21. The normalized spacial score (nSPS) is 10.9. The third-order valence-corrected chi connectivity index (χ3v) is 4.18. The Balaban J connectivity index is 1.78. The van der Waals surface area contributed by atoms with Gasteiger partial charge in [-0.3, -0.25) is 9.36 Å². The van der Waals surface area contributed by atoms with E-state index in [1.165, 1.54) is 4.90 Å². The van der Waals surface area contributed by atoms with Gasteiger partial charge in [-0.25, -0.2) is 4.98 Å². The topological polar surface area (TPSA) is 60.9 Å². The van der Waals surface area contributed by atoms with Gasteiger partial charge in [0.2, 0.25) is 0 Å². The SMILES string of the molecule is Nc1ccc2ncn(CCSc3ccccc3)c(=O)c2c1. The Morgan fingerprint density at radius 1 is 1.14 bits per heavy atom. The zero-order valence-electron chi connectivity index (χ0n) is 11.4. The summed E-state index contributed by atoms with van der Waals surface area (Å²) in [6.45, 7) is 0.621. The van der Waals surface area contributed by atoms with Gasteiger partial charge in [-0.05, 0) is 30.3 Å². The summed E-state index contributed by atoms with van der Waals surface area (Å²) in [7, 11) is 0. The van der Waals surface area contributed by atoms with E-state index in [-0.39, 0.29) is 5.56 Å². The molecule has 0 spiro atoms. The molecule has 106 valence electrons. The van der Waals surface area contributed by atoms with Crippen LogP contribution in [0.2, 0.25) is 0 Å². The van der Waals surface area contributed by atoms with E-state index >= 15 is 0 Å². The maximum Gasteiger partial charge on any atom is 0.261 e. The Bertz CT molecular complexity index is 815. The van der Waals surface area contributed by atoms with Crippen molar-refractivity contribution in [3.8, 4) is 0 Å². The van der Waals surface area contributed by atoms with Crippen molar-refractivity contribution in [3.05, 3.63) is 65.2 Å². The van der Waals surface area contributed by atoms with Gasteiger partial charge in [0.1, 0.15) is 0 Å². The summed E-state index contributed by atoms with van der Waals surface area (Å²) in [4.78, 5) is 17.9. The minimum absolute atomic E-state index is 0.0408. The summed E-state index contributed by atoms with van der Waals surface area (Å²) < 4.78 is 1.64. The van der Waals surface area contributed by atoms with Crippen LogP contribution < -0.4 is 11.3 Å². The van der Waals surface area contributed by atoms with Gasteiger partial charge in [0, 0.05) is 22.9 Å². The lowest BCUT2D eigenvalue weighted by molar-refractivity contribution is 0.725. The molecule has 0 bridgehead atoms. The molecule has 1 aromatic heterocycles. The molecule has 4 nitrogen and oxygen atoms in total. The first kappa shape index (κ1) is 13.7. The number of aromatic nitrogens is 2. The maximum atomic E-state index is 12.4. The fraction of sp³-hybridized carbons (Fsp3) is 0.125. The van der Waals surface area contributed by atoms with Crippen molar-refractivity contribution < 1.29 is 0 Å². The van der Waals surface area contributed by atoms with Crippen LogP contribution in [-0.4, -0.2) is 15.3 Å². The summed E-state index contributed by atoms with van der Waals surface area (Å²) in [5.41, 5.74) is 6.96. The Morgan fingerprint density at radius 2 is 1.95 bits per heavy atom. The summed E-state index contributed by atoms with van der Waals surface area (Å²) in [5, 5.41) is 0.571. The van der Waals surface area contributed by atoms with Crippen molar-refractivity contribution in [2.24, 2.45) is 0 Å². The molecule has 0 fully saturated rings. The minimum Gasteiger partial charge on any atom is -0.399 e. The van der Waals surface area contributed by atoms with Crippen molar-refractivity contribution in [3.63, 3.8) is 0 Å². The van der Waals surface area contributed by atoms with Gasteiger partial charge in [0.25, 0.3) is 5.56 Å². The van der Waals surface area contributed by atoms with Crippen LogP contribution in [-0.2, 0) is 6.54 Å². The first-order valence-electron chi connectivity index (χ1n) is 6.66. The van der Waals surface area contributed by atoms with E-state index in [1.54, 1.807) is 40.9 Å². The van der Waals surface area contributed by atoms with Crippen LogP contribution in [0.3, 0.4) is 0 Å². The Hall–Kier alpha value is -2.27. The summed E-state index contributed by atoms with van der Waals surface area (Å²) >= 11 is 1.72. The highest BCUT2D eigenvalue weighted by molar-refractivity contribution is 7.99.